The molecule has 1 saturated heterocycles. The third kappa shape index (κ3) is 4.56. The van der Waals surface area contributed by atoms with Gasteiger partial charge < -0.3 is 10.2 Å². The number of hydrogen-bond acceptors (Lipinski definition) is 4. The quantitative estimate of drug-likeness (QED) is 0.885. The van der Waals surface area contributed by atoms with Gasteiger partial charge in [0.1, 0.15) is 11.9 Å². The molecule has 1 aromatic carbocycles. The fourth-order valence-corrected chi connectivity index (χ4v) is 3.33. The minimum absolute atomic E-state index is 0.373. The minimum Gasteiger partial charge on any atom is -0.365 e. The van der Waals surface area contributed by atoms with E-state index in [-0.39, 0.29) is 0 Å². The zero-order valence-corrected chi connectivity index (χ0v) is 14.0. The molecule has 1 aliphatic rings. The van der Waals surface area contributed by atoms with Gasteiger partial charge >= 0.3 is 0 Å². The molecule has 24 heavy (non-hydrogen) atoms. The number of nitriles is 1. The zero-order chi connectivity index (χ0) is 16.6. The second kappa shape index (κ2) is 8.47. The van der Waals surface area contributed by atoms with Crippen LogP contribution in [0.5, 0.6) is 0 Å². The molecule has 3 rings (SSSR count). The van der Waals surface area contributed by atoms with Gasteiger partial charge in [0.05, 0.1) is 5.56 Å². The Morgan fingerprint density at radius 3 is 2.92 bits per heavy atom. The van der Waals surface area contributed by atoms with Crippen LogP contribution in [0.3, 0.4) is 0 Å². The van der Waals surface area contributed by atoms with Crippen LogP contribution in [0.25, 0.3) is 0 Å². The molecule has 124 valence electrons. The van der Waals surface area contributed by atoms with Gasteiger partial charge in [-0.25, -0.2) is 4.98 Å². The van der Waals surface area contributed by atoms with Crippen molar-refractivity contribution in [1.29, 1.82) is 5.26 Å². The van der Waals surface area contributed by atoms with Crippen LogP contribution in [0.4, 0.5) is 5.82 Å². The first-order valence-electron chi connectivity index (χ1n) is 8.73. The van der Waals surface area contributed by atoms with E-state index in [1.165, 1.54) is 24.9 Å². The van der Waals surface area contributed by atoms with E-state index in [0.29, 0.717) is 11.6 Å². The summed E-state index contributed by atoms with van der Waals surface area (Å²) in [5.41, 5.74) is 2.04. The van der Waals surface area contributed by atoms with Gasteiger partial charge in [0.15, 0.2) is 0 Å². The standard InChI is InChI=1S/C20H24N4/c21-15-18-10-4-12-22-20(18)23-19-11-6-14-24(16-19)13-5-9-17-7-2-1-3-8-17/h1-4,7-8,10,12,19H,5-6,9,11,13-14,16H2,(H,22,23). The van der Waals surface area contributed by atoms with Crippen LogP contribution < -0.4 is 5.32 Å². The first-order valence-corrected chi connectivity index (χ1v) is 8.73. The van der Waals surface area contributed by atoms with E-state index < -0.39 is 0 Å². The predicted octanol–water partition coefficient (Wildman–Crippen LogP) is 3.46. The molecule has 4 heteroatoms. The summed E-state index contributed by atoms with van der Waals surface area (Å²) in [6.07, 6.45) is 6.38. The average Bonchev–Trinajstić information content (AvgIpc) is 2.63. The fraction of sp³-hybridized carbons (Fsp3) is 0.400. The lowest BCUT2D eigenvalue weighted by molar-refractivity contribution is 0.214. The molecule has 1 N–H and O–H groups in total. The zero-order valence-electron chi connectivity index (χ0n) is 14.0. The second-order valence-corrected chi connectivity index (χ2v) is 6.38. The Kier molecular flexibility index (Phi) is 5.81. The van der Waals surface area contributed by atoms with Gasteiger partial charge in [-0.05, 0) is 56.5 Å². The third-order valence-electron chi connectivity index (χ3n) is 4.56. The van der Waals surface area contributed by atoms with E-state index in [4.69, 9.17) is 0 Å². The van der Waals surface area contributed by atoms with Gasteiger partial charge in [0, 0.05) is 18.8 Å². The van der Waals surface area contributed by atoms with Crippen LogP contribution in [0.1, 0.15) is 30.4 Å². The Morgan fingerprint density at radius 1 is 1.21 bits per heavy atom. The summed E-state index contributed by atoms with van der Waals surface area (Å²) in [6, 6.07) is 16.9. The summed E-state index contributed by atoms with van der Waals surface area (Å²) < 4.78 is 0. The maximum Gasteiger partial charge on any atom is 0.144 e. The molecule has 2 heterocycles. The second-order valence-electron chi connectivity index (χ2n) is 6.38. The lowest BCUT2D eigenvalue weighted by atomic mass is 10.0. The molecule has 1 atom stereocenters. The van der Waals surface area contributed by atoms with Crippen LogP contribution >= 0.6 is 0 Å². The Morgan fingerprint density at radius 2 is 2.08 bits per heavy atom. The van der Waals surface area contributed by atoms with Crippen molar-refractivity contribution in [2.24, 2.45) is 0 Å². The number of likely N-dealkylation sites (tertiary alicyclic amines) is 1. The van der Waals surface area contributed by atoms with Crippen molar-refractivity contribution < 1.29 is 0 Å². The van der Waals surface area contributed by atoms with Gasteiger partial charge in [-0.1, -0.05) is 30.3 Å². The summed E-state index contributed by atoms with van der Waals surface area (Å²) in [5, 5.41) is 12.6. The average molecular weight is 320 g/mol. The van der Waals surface area contributed by atoms with Crippen molar-refractivity contribution in [1.82, 2.24) is 9.88 Å². The van der Waals surface area contributed by atoms with E-state index in [2.05, 4.69) is 51.6 Å². The molecule has 0 amide bonds. The predicted molar refractivity (Wildman–Crippen MR) is 96.8 cm³/mol. The molecule has 0 saturated carbocycles. The van der Waals surface area contributed by atoms with Crippen LogP contribution in [0, 0.1) is 11.3 Å². The highest BCUT2D eigenvalue weighted by Gasteiger charge is 2.20. The lowest BCUT2D eigenvalue weighted by Gasteiger charge is -2.33. The number of aryl methyl sites for hydroxylation is 1. The summed E-state index contributed by atoms with van der Waals surface area (Å²) in [5.74, 6) is 0.719. The SMILES string of the molecule is N#Cc1cccnc1NC1CCCN(CCCc2ccccc2)C1. The van der Waals surface area contributed by atoms with E-state index in [1.807, 2.05) is 6.07 Å². The van der Waals surface area contributed by atoms with Crippen molar-refractivity contribution in [2.75, 3.05) is 25.0 Å². The van der Waals surface area contributed by atoms with Crippen LogP contribution in [0.15, 0.2) is 48.7 Å². The highest BCUT2D eigenvalue weighted by atomic mass is 15.2. The van der Waals surface area contributed by atoms with Crippen molar-refractivity contribution in [3.8, 4) is 6.07 Å². The lowest BCUT2D eigenvalue weighted by Crippen LogP contribution is -2.42. The maximum atomic E-state index is 9.18. The number of nitrogens with zero attached hydrogens (tertiary/aromatic N) is 3. The summed E-state index contributed by atoms with van der Waals surface area (Å²) in [7, 11) is 0. The molecule has 0 bridgehead atoms. The number of pyridine rings is 1. The van der Waals surface area contributed by atoms with Gasteiger partial charge in [-0.15, -0.1) is 0 Å². The van der Waals surface area contributed by atoms with Crippen LogP contribution in [-0.4, -0.2) is 35.6 Å². The van der Waals surface area contributed by atoms with Gasteiger partial charge in [-0.3, -0.25) is 0 Å². The van der Waals surface area contributed by atoms with Crippen LogP contribution in [0.2, 0.25) is 0 Å². The van der Waals surface area contributed by atoms with Crippen LogP contribution in [-0.2, 0) is 6.42 Å². The molecule has 1 aliphatic heterocycles. The van der Waals surface area contributed by atoms with E-state index in [9.17, 15) is 5.26 Å². The summed E-state index contributed by atoms with van der Waals surface area (Å²) in [4.78, 5) is 6.85. The van der Waals surface area contributed by atoms with E-state index in [0.717, 1.165) is 31.7 Å². The number of piperidine rings is 1. The van der Waals surface area contributed by atoms with Gasteiger partial charge in [0.25, 0.3) is 0 Å². The molecule has 1 unspecified atom stereocenters. The van der Waals surface area contributed by atoms with Crippen molar-refractivity contribution >= 4 is 5.82 Å². The topological polar surface area (TPSA) is 52.0 Å². The first kappa shape index (κ1) is 16.5. The number of rotatable bonds is 6. The van der Waals surface area contributed by atoms with Crippen molar-refractivity contribution in [3.05, 3.63) is 59.8 Å². The molecular formula is C20H24N4. The highest BCUT2D eigenvalue weighted by molar-refractivity contribution is 5.51. The summed E-state index contributed by atoms with van der Waals surface area (Å²) >= 11 is 0. The number of nitrogens with one attached hydrogen (secondary N) is 1. The molecule has 1 aromatic heterocycles. The normalized spacial score (nSPS) is 18.0. The molecule has 0 radical (unpaired) electrons. The number of benzene rings is 1. The Balaban J connectivity index is 1.48. The van der Waals surface area contributed by atoms with E-state index >= 15 is 0 Å². The van der Waals surface area contributed by atoms with Gasteiger partial charge in [-0.2, -0.15) is 5.26 Å². The van der Waals surface area contributed by atoms with Crippen molar-refractivity contribution in [3.63, 3.8) is 0 Å². The monoisotopic (exact) mass is 320 g/mol. The number of anilines is 1. The Bertz CT molecular complexity index is 678. The number of hydrogen-bond donors (Lipinski definition) is 1. The van der Waals surface area contributed by atoms with Gasteiger partial charge in [0.2, 0.25) is 0 Å². The number of aromatic nitrogens is 1. The van der Waals surface area contributed by atoms with Crippen molar-refractivity contribution in [2.45, 2.75) is 31.7 Å². The first-order chi connectivity index (χ1) is 11.8. The van der Waals surface area contributed by atoms with E-state index in [1.54, 1.807) is 12.3 Å². The third-order valence-corrected chi connectivity index (χ3v) is 4.56. The molecule has 1 fully saturated rings. The largest absolute Gasteiger partial charge is 0.365 e. The fourth-order valence-electron chi connectivity index (χ4n) is 3.33. The highest BCUT2D eigenvalue weighted by Crippen LogP contribution is 2.17. The molecule has 4 nitrogen and oxygen atoms in total. The smallest absolute Gasteiger partial charge is 0.144 e. The maximum absolute atomic E-state index is 9.18. The molecule has 2 aromatic rings. The molecular weight excluding hydrogens is 296 g/mol. The Labute approximate surface area is 144 Å². The molecule has 0 spiro atoms. The minimum atomic E-state index is 0.373. The molecule has 0 aliphatic carbocycles. The Hall–Kier alpha value is -2.38. The summed E-state index contributed by atoms with van der Waals surface area (Å²) in [6.45, 7) is 3.32.